The van der Waals surface area contributed by atoms with Crippen molar-refractivity contribution in [3.8, 4) is 0 Å². The third-order valence-electron chi connectivity index (χ3n) is 7.19. The summed E-state index contributed by atoms with van der Waals surface area (Å²) < 4.78 is 3.60. The zero-order valence-electron chi connectivity index (χ0n) is 19.8. The summed E-state index contributed by atoms with van der Waals surface area (Å²) in [5.41, 5.74) is 9.04. The second-order valence-electron chi connectivity index (χ2n) is 9.83. The zero-order chi connectivity index (χ0) is 21.4. The Labute approximate surface area is 209 Å². The van der Waals surface area contributed by atoms with Crippen molar-refractivity contribution >= 4 is 43.6 Å². The van der Waals surface area contributed by atoms with Gasteiger partial charge in [-0.2, -0.15) is 0 Å². The Morgan fingerprint density at radius 1 is 0.656 bits per heavy atom. The summed E-state index contributed by atoms with van der Waals surface area (Å²) in [5, 5.41) is 5.35. The van der Waals surface area contributed by atoms with Gasteiger partial charge in [0.2, 0.25) is 0 Å². The summed E-state index contributed by atoms with van der Waals surface area (Å²) in [7, 11) is 2.39. The van der Waals surface area contributed by atoms with Crippen LogP contribution in [0, 0.1) is 0 Å². The molecule has 0 fully saturated rings. The predicted octanol–water partition coefficient (Wildman–Crippen LogP) is 8.47. The first-order valence-corrected chi connectivity index (χ1v) is 20.1. The molecular weight excluding hydrogens is 483 g/mol. The largest absolute Gasteiger partial charge is 0.147 e. The van der Waals surface area contributed by atoms with Crippen molar-refractivity contribution in [3.05, 3.63) is 103 Å². The summed E-state index contributed by atoms with van der Waals surface area (Å²) >= 11 is -3.02. The van der Waals surface area contributed by atoms with Gasteiger partial charge in [-0.1, -0.05) is 0 Å². The SMILES string of the molecule is CCC1=[C]([Ti]([CH3])([CH3])(=[SiH2])[C]2=C(CC)C=C(c3ccccc3)C2)CC(c2ccccc2)=C1.Cl.Cl. The third-order valence-corrected chi connectivity index (χ3v) is 18.3. The fourth-order valence-electron chi connectivity index (χ4n) is 5.39. The van der Waals surface area contributed by atoms with Gasteiger partial charge in [0.05, 0.1) is 0 Å². The van der Waals surface area contributed by atoms with Crippen LogP contribution < -0.4 is 0 Å². The molecule has 0 saturated heterocycles. The molecule has 4 rings (SSSR count). The van der Waals surface area contributed by atoms with E-state index in [9.17, 15) is 0 Å². The molecule has 2 aromatic carbocycles. The first-order chi connectivity index (χ1) is 14.3. The van der Waals surface area contributed by atoms with E-state index in [-0.39, 0.29) is 24.8 Å². The second-order valence-corrected chi connectivity index (χ2v) is 28.8. The molecular formula is C28H36Cl2SiTi. The van der Waals surface area contributed by atoms with Gasteiger partial charge >= 0.3 is 186 Å². The fraction of sp³-hybridized carbons (Fsp3) is 0.286. The van der Waals surface area contributed by atoms with Crippen molar-refractivity contribution in [2.24, 2.45) is 0 Å². The van der Waals surface area contributed by atoms with Crippen LogP contribution in [0.2, 0.25) is 10.5 Å². The molecule has 0 aliphatic heterocycles. The molecule has 0 amide bonds. The van der Waals surface area contributed by atoms with Crippen LogP contribution in [-0.2, 0) is 14.0 Å². The van der Waals surface area contributed by atoms with Gasteiger partial charge in [-0.05, 0) is 0 Å². The van der Waals surface area contributed by atoms with E-state index in [4.69, 9.17) is 0 Å². The Morgan fingerprint density at radius 2 is 1.00 bits per heavy atom. The minimum atomic E-state index is -3.02. The van der Waals surface area contributed by atoms with E-state index in [0.29, 0.717) is 0 Å². The molecule has 32 heavy (non-hydrogen) atoms. The number of hydrogen-bond donors (Lipinski definition) is 0. The smallest absolute Gasteiger partial charge is 0.147 e. The molecule has 2 aromatic rings. The van der Waals surface area contributed by atoms with Gasteiger partial charge in [0.1, 0.15) is 0 Å². The van der Waals surface area contributed by atoms with Crippen molar-refractivity contribution in [3.63, 3.8) is 0 Å². The van der Waals surface area contributed by atoms with E-state index in [0.717, 1.165) is 25.7 Å². The number of benzene rings is 2. The van der Waals surface area contributed by atoms with Crippen molar-refractivity contribution in [2.75, 3.05) is 0 Å². The molecule has 2 aliphatic carbocycles. The fourth-order valence-corrected chi connectivity index (χ4v) is 15.2. The Bertz CT molecular complexity index is 1070. The van der Waals surface area contributed by atoms with Crippen molar-refractivity contribution < 1.29 is 14.0 Å². The van der Waals surface area contributed by atoms with E-state index in [1.807, 2.05) is 0 Å². The van der Waals surface area contributed by atoms with E-state index in [1.165, 1.54) is 22.3 Å². The molecule has 0 N–H and O–H groups in total. The molecule has 0 aromatic heterocycles. The first-order valence-electron chi connectivity index (χ1n) is 11.4. The molecule has 170 valence electrons. The molecule has 0 spiro atoms. The van der Waals surface area contributed by atoms with Crippen LogP contribution in [0.1, 0.15) is 50.7 Å². The van der Waals surface area contributed by atoms with E-state index >= 15 is 0 Å². The topological polar surface area (TPSA) is 0 Å². The summed E-state index contributed by atoms with van der Waals surface area (Å²) in [6.45, 7) is 4.67. The normalized spacial score (nSPS) is 16.4. The average molecular weight is 519 g/mol. The maximum atomic E-state index is 2.68. The van der Waals surface area contributed by atoms with Gasteiger partial charge in [0.15, 0.2) is 0 Å². The Hall–Kier alpha value is -1.09. The Kier molecular flexibility index (Phi) is 8.87. The summed E-state index contributed by atoms with van der Waals surface area (Å²) in [6, 6.07) is 22.0. The molecule has 0 nitrogen and oxygen atoms in total. The van der Waals surface area contributed by atoms with Crippen molar-refractivity contribution in [2.45, 2.75) is 50.0 Å². The standard InChI is InChI=1S/2C13H13.2CH3.2ClH.H2Si.Ti/c2*1-2-11-8-9-13(10-11)12-6-4-3-5-7-12;;;;;;/h2*3-7,10H,2,9H2,1H3;2*1H3;2*1H;1H2;. The maximum Gasteiger partial charge on any atom is -0.147 e. The number of hydrogen-bond acceptors (Lipinski definition) is 0. The quantitative estimate of drug-likeness (QED) is 0.336. The summed E-state index contributed by atoms with van der Waals surface area (Å²) in [4.78, 5) is 0. The zero-order valence-corrected chi connectivity index (χ0v) is 24.4. The molecule has 0 radical (unpaired) electrons. The number of allylic oxidation sites excluding steroid dienone is 8. The van der Waals surface area contributed by atoms with Gasteiger partial charge in [-0.3, -0.25) is 0 Å². The summed E-state index contributed by atoms with van der Waals surface area (Å²) in [5.74, 6) is 0. The van der Waals surface area contributed by atoms with Crippen LogP contribution in [0.25, 0.3) is 11.1 Å². The minimum Gasteiger partial charge on any atom is -0.147 e. The third kappa shape index (κ3) is 5.03. The van der Waals surface area contributed by atoms with Crippen molar-refractivity contribution in [1.82, 2.24) is 0 Å². The van der Waals surface area contributed by atoms with E-state index in [2.05, 4.69) is 105 Å². The predicted molar refractivity (Wildman–Crippen MR) is 147 cm³/mol. The molecule has 0 heterocycles. The second kappa shape index (κ2) is 10.5. The van der Waals surface area contributed by atoms with Gasteiger partial charge in [-0.25, -0.2) is 0 Å². The minimum absolute atomic E-state index is 0. The van der Waals surface area contributed by atoms with Crippen LogP contribution in [0.4, 0.5) is 0 Å². The molecule has 0 saturated carbocycles. The molecule has 2 aliphatic rings. The molecule has 4 heteroatoms. The summed E-state index contributed by atoms with van der Waals surface area (Å²) in [6.07, 6.45) is 9.59. The Balaban J connectivity index is 0.00000181. The average Bonchev–Trinajstić information content (AvgIpc) is 3.41. The van der Waals surface area contributed by atoms with E-state index in [1.54, 1.807) is 18.9 Å². The Morgan fingerprint density at radius 3 is 1.31 bits per heavy atom. The van der Waals surface area contributed by atoms with Crippen LogP contribution in [0.3, 0.4) is 0 Å². The first kappa shape index (κ1) is 27.2. The molecule has 0 unspecified atom stereocenters. The van der Waals surface area contributed by atoms with Crippen LogP contribution >= 0.6 is 24.8 Å². The van der Waals surface area contributed by atoms with E-state index < -0.39 is 14.0 Å². The monoisotopic (exact) mass is 518 g/mol. The maximum absolute atomic E-state index is 3.02. The number of halogens is 2. The molecule has 0 atom stereocenters. The van der Waals surface area contributed by atoms with Crippen molar-refractivity contribution in [1.29, 1.82) is 0 Å². The number of rotatable bonds is 6. The molecule has 0 bridgehead atoms. The van der Waals surface area contributed by atoms with Gasteiger partial charge in [0, 0.05) is 0 Å². The van der Waals surface area contributed by atoms with Crippen LogP contribution in [-0.4, -0.2) is 7.63 Å². The van der Waals surface area contributed by atoms with Gasteiger partial charge in [-0.15, -0.1) is 24.8 Å². The van der Waals surface area contributed by atoms with Crippen LogP contribution in [0.5, 0.6) is 0 Å². The van der Waals surface area contributed by atoms with Gasteiger partial charge in [0.25, 0.3) is 0 Å². The van der Waals surface area contributed by atoms with Crippen LogP contribution in [0.15, 0.2) is 91.7 Å². The van der Waals surface area contributed by atoms with Gasteiger partial charge < -0.3 is 0 Å².